The zero-order valence-electron chi connectivity index (χ0n) is 15.7. The minimum atomic E-state index is -0.327. The molecular formula is C20H23FN4O3. The summed E-state index contributed by atoms with van der Waals surface area (Å²) in [6.45, 7) is 5.07. The van der Waals surface area contributed by atoms with E-state index in [0.717, 1.165) is 18.7 Å². The van der Waals surface area contributed by atoms with Crippen LogP contribution in [0.15, 0.2) is 30.9 Å². The van der Waals surface area contributed by atoms with E-state index >= 15 is 0 Å². The summed E-state index contributed by atoms with van der Waals surface area (Å²) in [5, 5.41) is 2.97. The van der Waals surface area contributed by atoms with Crippen LogP contribution in [0.5, 0.6) is 5.75 Å². The highest BCUT2D eigenvalue weighted by atomic mass is 19.1. The molecule has 0 spiro atoms. The first kappa shape index (κ1) is 18.8. The predicted molar refractivity (Wildman–Crippen MR) is 100 cm³/mol. The van der Waals surface area contributed by atoms with Gasteiger partial charge in [0, 0.05) is 48.6 Å². The fourth-order valence-corrected chi connectivity index (χ4v) is 3.65. The smallest absolute Gasteiger partial charge is 0.237 e. The molecule has 1 aromatic carbocycles. The van der Waals surface area contributed by atoms with Crippen molar-refractivity contribution < 1.29 is 18.7 Å². The van der Waals surface area contributed by atoms with Crippen molar-refractivity contribution >= 4 is 5.91 Å². The Kier molecular flexibility index (Phi) is 5.50. The van der Waals surface area contributed by atoms with E-state index in [1.54, 1.807) is 12.4 Å². The van der Waals surface area contributed by atoms with Crippen LogP contribution in [0.3, 0.4) is 0 Å². The van der Waals surface area contributed by atoms with Crippen molar-refractivity contribution in [2.45, 2.75) is 25.5 Å². The Labute approximate surface area is 162 Å². The monoisotopic (exact) mass is 386 g/mol. The normalized spacial score (nSPS) is 20.3. The van der Waals surface area contributed by atoms with Crippen LogP contribution in [0.1, 0.15) is 12.5 Å². The van der Waals surface area contributed by atoms with E-state index in [1.807, 2.05) is 6.92 Å². The van der Waals surface area contributed by atoms with Gasteiger partial charge in [-0.1, -0.05) is 0 Å². The second kappa shape index (κ2) is 8.20. The molecule has 2 aromatic rings. The molecule has 0 unspecified atom stereocenters. The van der Waals surface area contributed by atoms with Gasteiger partial charge in [0.15, 0.2) is 0 Å². The molecule has 28 heavy (non-hydrogen) atoms. The fourth-order valence-electron chi connectivity index (χ4n) is 3.65. The largest absolute Gasteiger partial charge is 0.487 e. The van der Waals surface area contributed by atoms with Gasteiger partial charge in [0.05, 0.1) is 25.8 Å². The van der Waals surface area contributed by atoms with Gasteiger partial charge in [-0.15, -0.1) is 0 Å². The lowest BCUT2D eigenvalue weighted by Crippen LogP contribution is -2.50. The summed E-state index contributed by atoms with van der Waals surface area (Å²) >= 11 is 0. The maximum Gasteiger partial charge on any atom is 0.237 e. The number of nitrogens with zero attached hydrogens (tertiary/aromatic N) is 3. The third-order valence-corrected chi connectivity index (χ3v) is 5.21. The molecule has 1 amide bonds. The number of fused-ring (bicyclic) bond motifs is 1. The van der Waals surface area contributed by atoms with Crippen molar-refractivity contribution in [2.24, 2.45) is 0 Å². The Morgan fingerprint density at radius 2 is 2.07 bits per heavy atom. The van der Waals surface area contributed by atoms with Gasteiger partial charge in [-0.2, -0.15) is 0 Å². The van der Waals surface area contributed by atoms with Crippen molar-refractivity contribution in [2.75, 3.05) is 32.8 Å². The van der Waals surface area contributed by atoms with E-state index in [9.17, 15) is 9.18 Å². The Morgan fingerprint density at radius 1 is 1.32 bits per heavy atom. The zero-order chi connectivity index (χ0) is 19.5. The average molecular weight is 386 g/mol. The Morgan fingerprint density at radius 3 is 2.82 bits per heavy atom. The second-order valence-corrected chi connectivity index (χ2v) is 7.08. The van der Waals surface area contributed by atoms with Crippen molar-refractivity contribution in [3.63, 3.8) is 0 Å². The van der Waals surface area contributed by atoms with Crippen molar-refractivity contribution in [3.8, 4) is 16.9 Å². The Hall–Kier alpha value is -2.58. The summed E-state index contributed by atoms with van der Waals surface area (Å²) in [5.74, 6) is 0.271. The SMILES string of the molecule is C[C@@H](C(=O)NC[C@@H]1Cc2cc(F)cc(-c3cncnc3)c2O1)N1CCOCC1. The van der Waals surface area contributed by atoms with Gasteiger partial charge in [-0.05, 0) is 19.1 Å². The van der Waals surface area contributed by atoms with Crippen LogP contribution in [0, 0.1) is 5.82 Å². The lowest BCUT2D eigenvalue weighted by atomic mass is 10.0. The number of carbonyl (C=O) groups is 1. The summed E-state index contributed by atoms with van der Waals surface area (Å²) in [5.41, 5.74) is 2.12. The molecule has 2 atom stereocenters. The number of halogens is 1. The van der Waals surface area contributed by atoms with Crippen LogP contribution in [0.4, 0.5) is 4.39 Å². The number of carbonyl (C=O) groups excluding carboxylic acids is 1. The van der Waals surface area contributed by atoms with Gasteiger partial charge in [0.2, 0.25) is 5.91 Å². The van der Waals surface area contributed by atoms with E-state index in [0.29, 0.717) is 43.1 Å². The molecule has 2 aliphatic rings. The maximum absolute atomic E-state index is 14.1. The van der Waals surface area contributed by atoms with Gasteiger partial charge in [0.1, 0.15) is 24.0 Å². The van der Waals surface area contributed by atoms with Gasteiger partial charge in [0.25, 0.3) is 0 Å². The number of rotatable bonds is 5. The summed E-state index contributed by atoms with van der Waals surface area (Å²) in [7, 11) is 0. The van der Waals surface area contributed by atoms with Crippen LogP contribution in [0.25, 0.3) is 11.1 Å². The third-order valence-electron chi connectivity index (χ3n) is 5.21. The fraction of sp³-hybridized carbons (Fsp3) is 0.450. The first-order valence-electron chi connectivity index (χ1n) is 9.46. The minimum absolute atomic E-state index is 0.0377. The van der Waals surface area contributed by atoms with E-state index in [4.69, 9.17) is 9.47 Å². The quantitative estimate of drug-likeness (QED) is 0.838. The number of aromatic nitrogens is 2. The van der Waals surface area contributed by atoms with E-state index in [-0.39, 0.29) is 23.9 Å². The summed E-state index contributed by atoms with van der Waals surface area (Å²) in [4.78, 5) is 22.6. The van der Waals surface area contributed by atoms with Crippen LogP contribution in [0.2, 0.25) is 0 Å². The molecule has 2 aliphatic heterocycles. The molecule has 0 saturated carbocycles. The highest BCUT2D eigenvalue weighted by Crippen LogP contribution is 2.39. The van der Waals surface area contributed by atoms with Crippen molar-refractivity contribution in [1.82, 2.24) is 20.2 Å². The standard InChI is InChI=1S/C20H23FN4O3/c1-13(25-2-4-27-5-3-25)20(26)24-11-17-7-14-6-16(21)8-18(19(14)28-17)15-9-22-12-23-10-15/h6,8-10,12-13,17H,2-5,7,11H2,1H3,(H,24,26)/t13-,17-/m0/s1. The first-order chi connectivity index (χ1) is 13.6. The van der Waals surface area contributed by atoms with Crippen LogP contribution < -0.4 is 10.1 Å². The minimum Gasteiger partial charge on any atom is -0.487 e. The molecule has 0 aliphatic carbocycles. The lowest BCUT2D eigenvalue weighted by molar-refractivity contribution is -0.127. The molecule has 1 fully saturated rings. The molecule has 8 heteroatoms. The van der Waals surface area contributed by atoms with Gasteiger partial charge >= 0.3 is 0 Å². The van der Waals surface area contributed by atoms with Gasteiger partial charge < -0.3 is 14.8 Å². The average Bonchev–Trinajstić information content (AvgIpc) is 3.14. The van der Waals surface area contributed by atoms with Gasteiger partial charge in [-0.3, -0.25) is 9.69 Å². The summed E-state index contributed by atoms with van der Waals surface area (Å²) in [6, 6.07) is 2.70. The number of benzene rings is 1. The molecule has 148 valence electrons. The molecular weight excluding hydrogens is 363 g/mol. The van der Waals surface area contributed by atoms with Crippen molar-refractivity contribution in [3.05, 3.63) is 42.2 Å². The first-order valence-corrected chi connectivity index (χ1v) is 9.46. The van der Waals surface area contributed by atoms with Crippen LogP contribution in [-0.2, 0) is 16.0 Å². The number of nitrogens with one attached hydrogen (secondary N) is 1. The molecule has 7 nitrogen and oxygen atoms in total. The third kappa shape index (κ3) is 3.98. The zero-order valence-corrected chi connectivity index (χ0v) is 15.7. The van der Waals surface area contributed by atoms with E-state index in [1.165, 1.54) is 18.5 Å². The number of ether oxygens (including phenoxy) is 2. The molecule has 0 bridgehead atoms. The van der Waals surface area contributed by atoms with Crippen LogP contribution >= 0.6 is 0 Å². The predicted octanol–water partition coefficient (Wildman–Crippen LogP) is 1.42. The topological polar surface area (TPSA) is 76.6 Å². The van der Waals surface area contributed by atoms with Gasteiger partial charge in [-0.25, -0.2) is 14.4 Å². The molecule has 3 heterocycles. The van der Waals surface area contributed by atoms with E-state index in [2.05, 4.69) is 20.2 Å². The second-order valence-electron chi connectivity index (χ2n) is 7.08. The number of hydrogen-bond acceptors (Lipinski definition) is 6. The molecule has 1 N–H and O–H groups in total. The Balaban J connectivity index is 1.40. The molecule has 1 saturated heterocycles. The highest BCUT2D eigenvalue weighted by Gasteiger charge is 2.29. The maximum atomic E-state index is 14.1. The lowest BCUT2D eigenvalue weighted by Gasteiger charge is -2.31. The summed E-state index contributed by atoms with van der Waals surface area (Å²) < 4.78 is 25.5. The summed E-state index contributed by atoms with van der Waals surface area (Å²) in [6.07, 6.45) is 4.99. The number of morpholine rings is 1. The number of amides is 1. The van der Waals surface area contributed by atoms with Crippen molar-refractivity contribution in [1.29, 1.82) is 0 Å². The number of hydrogen-bond donors (Lipinski definition) is 1. The Bertz CT molecular complexity index is 843. The highest BCUT2D eigenvalue weighted by molar-refractivity contribution is 5.81. The molecule has 4 rings (SSSR count). The molecule has 1 aromatic heterocycles. The molecule has 0 radical (unpaired) electrons. The van der Waals surface area contributed by atoms with Crippen LogP contribution in [-0.4, -0.2) is 65.8 Å². The van der Waals surface area contributed by atoms with E-state index < -0.39 is 0 Å².